The molecule has 0 bridgehead atoms. The summed E-state index contributed by atoms with van der Waals surface area (Å²) in [5, 5.41) is 6.05. The molecule has 0 atom stereocenters. The molecule has 0 fully saturated rings. The molecule has 5 nitrogen and oxygen atoms in total. The molecule has 0 aliphatic carbocycles. The Morgan fingerprint density at radius 3 is 2.73 bits per heavy atom. The van der Waals surface area contributed by atoms with Crippen LogP contribution in [0.3, 0.4) is 0 Å². The van der Waals surface area contributed by atoms with Gasteiger partial charge < -0.3 is 14.6 Å². The third-order valence-electron chi connectivity index (χ3n) is 4.15. The van der Waals surface area contributed by atoms with Gasteiger partial charge in [0.1, 0.15) is 0 Å². The number of nitrogens with one attached hydrogen (secondary N) is 1. The van der Waals surface area contributed by atoms with Gasteiger partial charge in [-0.15, -0.1) is 11.3 Å². The minimum Gasteiger partial charge on any atom is -0.449 e. The first kappa shape index (κ1) is 18.5. The van der Waals surface area contributed by atoms with E-state index in [0.717, 1.165) is 15.8 Å². The number of hydrogen-bond acceptors (Lipinski definition) is 4. The SMILES string of the molecule is CCN(CC(=O)NCc1cccs1)C(=O)c1oc2c(Cl)cccc2c1C. The molecule has 3 rings (SSSR count). The van der Waals surface area contributed by atoms with Crippen LogP contribution >= 0.6 is 22.9 Å². The zero-order chi connectivity index (χ0) is 18.7. The monoisotopic (exact) mass is 390 g/mol. The van der Waals surface area contributed by atoms with Gasteiger partial charge in [-0.25, -0.2) is 0 Å². The first-order valence-corrected chi connectivity index (χ1v) is 9.53. The van der Waals surface area contributed by atoms with E-state index < -0.39 is 0 Å². The largest absolute Gasteiger partial charge is 0.449 e. The molecule has 0 aliphatic rings. The van der Waals surface area contributed by atoms with Crippen molar-refractivity contribution >= 4 is 45.7 Å². The Balaban J connectivity index is 1.73. The summed E-state index contributed by atoms with van der Waals surface area (Å²) >= 11 is 7.73. The molecule has 0 saturated carbocycles. The molecule has 0 radical (unpaired) electrons. The molecule has 7 heteroatoms. The number of fused-ring (bicyclic) bond motifs is 1. The number of thiophene rings is 1. The Morgan fingerprint density at radius 2 is 2.08 bits per heavy atom. The Morgan fingerprint density at radius 1 is 1.27 bits per heavy atom. The lowest BCUT2D eigenvalue weighted by atomic mass is 10.1. The lowest BCUT2D eigenvalue weighted by Gasteiger charge is -2.19. The number of amides is 2. The molecular weight excluding hydrogens is 372 g/mol. The fourth-order valence-electron chi connectivity index (χ4n) is 2.71. The minimum absolute atomic E-state index is 0.0229. The maximum Gasteiger partial charge on any atom is 0.290 e. The zero-order valence-corrected chi connectivity index (χ0v) is 16.1. The lowest BCUT2D eigenvalue weighted by Crippen LogP contribution is -2.40. The molecule has 0 unspecified atom stereocenters. The molecule has 1 aromatic carbocycles. The van der Waals surface area contributed by atoms with Crippen LogP contribution < -0.4 is 5.32 Å². The van der Waals surface area contributed by atoms with Crippen molar-refractivity contribution in [3.8, 4) is 0 Å². The average molecular weight is 391 g/mol. The van der Waals surface area contributed by atoms with Gasteiger partial charge in [-0.05, 0) is 31.4 Å². The summed E-state index contributed by atoms with van der Waals surface area (Å²) in [6.07, 6.45) is 0. The average Bonchev–Trinajstić information content (AvgIpc) is 3.26. The number of halogens is 1. The van der Waals surface area contributed by atoms with Gasteiger partial charge in [-0.3, -0.25) is 9.59 Å². The number of aryl methyl sites for hydroxylation is 1. The number of benzene rings is 1. The minimum atomic E-state index is -0.316. The van der Waals surface area contributed by atoms with Crippen molar-refractivity contribution in [1.82, 2.24) is 10.2 Å². The summed E-state index contributed by atoms with van der Waals surface area (Å²) in [6, 6.07) is 9.29. The molecule has 0 spiro atoms. The van der Waals surface area contributed by atoms with Crippen LogP contribution in [-0.2, 0) is 11.3 Å². The Bertz CT molecular complexity index is 934. The molecule has 1 N–H and O–H groups in total. The van der Waals surface area contributed by atoms with E-state index in [9.17, 15) is 9.59 Å². The van der Waals surface area contributed by atoms with Crippen molar-refractivity contribution in [2.75, 3.05) is 13.1 Å². The summed E-state index contributed by atoms with van der Waals surface area (Å²) in [4.78, 5) is 27.6. The van der Waals surface area contributed by atoms with E-state index >= 15 is 0 Å². The molecule has 2 amide bonds. The summed E-state index contributed by atoms with van der Waals surface area (Å²) in [7, 11) is 0. The highest BCUT2D eigenvalue weighted by Crippen LogP contribution is 2.31. The second kappa shape index (κ2) is 7.93. The number of likely N-dealkylation sites (N-methyl/N-ethyl adjacent to an activating group) is 1. The predicted octanol–water partition coefficient (Wildman–Crippen LogP) is 4.23. The molecule has 0 aliphatic heterocycles. The van der Waals surface area contributed by atoms with Crippen molar-refractivity contribution < 1.29 is 14.0 Å². The third kappa shape index (κ3) is 3.76. The number of carbonyl (C=O) groups excluding carboxylic acids is 2. The normalized spacial score (nSPS) is 10.9. The number of rotatable bonds is 6. The summed E-state index contributed by atoms with van der Waals surface area (Å²) < 4.78 is 5.72. The summed E-state index contributed by atoms with van der Waals surface area (Å²) in [6.45, 7) is 4.48. The van der Waals surface area contributed by atoms with Gasteiger partial charge in [0.25, 0.3) is 5.91 Å². The Hall–Kier alpha value is -2.31. The van der Waals surface area contributed by atoms with Gasteiger partial charge in [0.15, 0.2) is 11.3 Å². The highest BCUT2D eigenvalue weighted by atomic mass is 35.5. The maximum atomic E-state index is 12.9. The van der Waals surface area contributed by atoms with Crippen LogP contribution in [-0.4, -0.2) is 29.8 Å². The molecule has 0 saturated heterocycles. The lowest BCUT2D eigenvalue weighted by molar-refractivity contribution is -0.121. The van der Waals surface area contributed by atoms with Gasteiger partial charge >= 0.3 is 0 Å². The second-order valence-corrected chi connectivity index (χ2v) is 7.29. The van der Waals surface area contributed by atoms with Gasteiger partial charge in [0.05, 0.1) is 18.1 Å². The first-order chi connectivity index (χ1) is 12.5. The highest BCUT2D eigenvalue weighted by molar-refractivity contribution is 7.09. The number of hydrogen-bond donors (Lipinski definition) is 1. The van der Waals surface area contributed by atoms with E-state index in [1.54, 1.807) is 17.4 Å². The van der Waals surface area contributed by atoms with Crippen LogP contribution in [0.2, 0.25) is 5.02 Å². The van der Waals surface area contributed by atoms with Crippen LogP contribution in [0.5, 0.6) is 0 Å². The fourth-order valence-corrected chi connectivity index (χ4v) is 3.57. The first-order valence-electron chi connectivity index (χ1n) is 8.27. The van der Waals surface area contributed by atoms with Crippen molar-refractivity contribution in [3.63, 3.8) is 0 Å². The number of para-hydroxylation sites is 1. The molecular formula is C19H19ClN2O3S. The van der Waals surface area contributed by atoms with E-state index in [0.29, 0.717) is 23.7 Å². The zero-order valence-electron chi connectivity index (χ0n) is 14.5. The molecule has 2 heterocycles. The summed E-state index contributed by atoms with van der Waals surface area (Å²) in [5.41, 5.74) is 1.22. The van der Waals surface area contributed by atoms with Crippen LogP contribution in [0.25, 0.3) is 11.0 Å². The quantitative estimate of drug-likeness (QED) is 0.684. The van der Waals surface area contributed by atoms with Crippen molar-refractivity contribution in [2.45, 2.75) is 20.4 Å². The van der Waals surface area contributed by atoms with E-state index in [2.05, 4.69) is 5.32 Å². The van der Waals surface area contributed by atoms with Gasteiger partial charge in [0.2, 0.25) is 5.91 Å². The van der Waals surface area contributed by atoms with Gasteiger partial charge in [0, 0.05) is 22.4 Å². The van der Waals surface area contributed by atoms with Crippen LogP contribution in [0.15, 0.2) is 40.1 Å². The molecule has 136 valence electrons. The topological polar surface area (TPSA) is 62.6 Å². The predicted molar refractivity (Wildman–Crippen MR) is 104 cm³/mol. The number of carbonyl (C=O) groups is 2. The molecule has 26 heavy (non-hydrogen) atoms. The molecule has 2 aromatic heterocycles. The van der Waals surface area contributed by atoms with E-state index in [-0.39, 0.29) is 24.1 Å². The summed E-state index contributed by atoms with van der Waals surface area (Å²) in [5.74, 6) is -0.301. The van der Waals surface area contributed by atoms with Crippen molar-refractivity contribution in [3.05, 3.63) is 56.9 Å². The van der Waals surface area contributed by atoms with Gasteiger partial charge in [-0.1, -0.05) is 29.8 Å². The van der Waals surface area contributed by atoms with Gasteiger partial charge in [-0.2, -0.15) is 0 Å². The maximum absolute atomic E-state index is 12.9. The van der Waals surface area contributed by atoms with Crippen molar-refractivity contribution in [2.24, 2.45) is 0 Å². The fraction of sp³-hybridized carbons (Fsp3) is 0.263. The van der Waals surface area contributed by atoms with E-state index in [1.165, 1.54) is 4.90 Å². The van der Waals surface area contributed by atoms with E-state index in [4.69, 9.17) is 16.0 Å². The van der Waals surface area contributed by atoms with E-state index in [1.807, 2.05) is 43.5 Å². The van der Waals surface area contributed by atoms with Crippen molar-refractivity contribution in [1.29, 1.82) is 0 Å². The third-order valence-corrected chi connectivity index (χ3v) is 5.33. The Kier molecular flexibility index (Phi) is 5.64. The highest BCUT2D eigenvalue weighted by Gasteiger charge is 2.24. The molecule has 3 aromatic rings. The van der Waals surface area contributed by atoms with Crippen LogP contribution in [0.1, 0.15) is 27.9 Å². The second-order valence-electron chi connectivity index (χ2n) is 5.85. The smallest absolute Gasteiger partial charge is 0.290 e. The number of furan rings is 1. The van der Waals surface area contributed by atoms with Crippen LogP contribution in [0, 0.1) is 6.92 Å². The number of nitrogens with zero attached hydrogens (tertiary/aromatic N) is 1. The van der Waals surface area contributed by atoms with Crippen LogP contribution in [0.4, 0.5) is 0 Å². The Labute approximate surface area is 160 Å². The standard InChI is InChI=1S/C19H19ClN2O3S/c1-3-22(11-16(23)21-10-13-6-5-9-26-13)19(24)17-12(2)14-7-4-8-15(20)18(14)25-17/h4-9H,3,10-11H2,1-2H3,(H,21,23).